The Hall–Kier alpha value is -2.42. The van der Waals surface area contributed by atoms with Gasteiger partial charge in [0, 0.05) is 12.7 Å². The van der Waals surface area contributed by atoms with Gasteiger partial charge in [-0.2, -0.15) is 0 Å². The Bertz CT molecular complexity index is 735. The molecule has 0 aliphatic rings. The molecule has 1 heterocycles. The van der Waals surface area contributed by atoms with Crippen LogP contribution in [0.1, 0.15) is 16.7 Å². The van der Waals surface area contributed by atoms with Crippen LogP contribution in [-0.4, -0.2) is 44.3 Å². The highest BCUT2D eigenvalue weighted by Gasteiger charge is 2.11. The summed E-state index contributed by atoms with van der Waals surface area (Å²) in [7, 11) is 1.69. The van der Waals surface area contributed by atoms with Gasteiger partial charge in [0.15, 0.2) is 0 Å². The molecule has 1 aromatic carbocycles. The molecule has 8 nitrogen and oxygen atoms in total. The van der Waals surface area contributed by atoms with Crippen LogP contribution in [0.25, 0.3) is 0 Å². The van der Waals surface area contributed by atoms with Crippen molar-refractivity contribution < 1.29 is 9.59 Å². The summed E-state index contributed by atoms with van der Waals surface area (Å²) in [4.78, 5) is 23.8. The maximum atomic E-state index is 12.0. The molecule has 0 saturated heterocycles. The zero-order valence-corrected chi connectivity index (χ0v) is 14.9. The molecule has 0 atom stereocenters. The monoisotopic (exact) mass is 348 g/mol. The van der Waals surface area contributed by atoms with Crippen molar-refractivity contribution in [3.63, 3.8) is 0 Å². The number of carbonyl (C=O) groups excluding carboxylic acids is 2. The Morgan fingerprint density at radius 2 is 1.83 bits per heavy atom. The van der Waals surface area contributed by atoms with E-state index in [-0.39, 0.29) is 24.1 Å². The van der Waals surface area contributed by atoms with Gasteiger partial charge < -0.3 is 10.6 Å². The van der Waals surface area contributed by atoms with E-state index in [4.69, 9.17) is 0 Å². The van der Waals surface area contributed by atoms with Crippen LogP contribution < -0.4 is 10.6 Å². The molecule has 0 radical (unpaired) electrons. The zero-order valence-electron chi connectivity index (χ0n) is 14.1. The molecule has 128 valence electrons. The summed E-state index contributed by atoms with van der Waals surface area (Å²) in [6.07, 6.45) is 0. The molecular formula is C15H20N6O2S. The summed E-state index contributed by atoms with van der Waals surface area (Å²) in [6.45, 7) is 5.82. The van der Waals surface area contributed by atoms with Crippen molar-refractivity contribution in [1.82, 2.24) is 25.5 Å². The van der Waals surface area contributed by atoms with Gasteiger partial charge in [-0.1, -0.05) is 29.5 Å². The lowest BCUT2D eigenvalue weighted by Crippen LogP contribution is -2.34. The number of carbonyl (C=O) groups is 2. The summed E-state index contributed by atoms with van der Waals surface area (Å²) in [6, 6.07) is 4.01. The predicted molar refractivity (Wildman–Crippen MR) is 91.8 cm³/mol. The number of aryl methyl sites for hydroxylation is 4. The third-order valence-electron chi connectivity index (χ3n) is 3.30. The number of amides is 2. The number of anilines is 1. The minimum Gasteiger partial charge on any atom is -0.346 e. The van der Waals surface area contributed by atoms with Crippen molar-refractivity contribution in [2.24, 2.45) is 7.05 Å². The Morgan fingerprint density at radius 3 is 2.42 bits per heavy atom. The van der Waals surface area contributed by atoms with Gasteiger partial charge in [-0.15, -0.1) is 5.10 Å². The van der Waals surface area contributed by atoms with Crippen molar-refractivity contribution in [2.75, 3.05) is 17.6 Å². The number of benzene rings is 1. The van der Waals surface area contributed by atoms with Gasteiger partial charge in [0.2, 0.25) is 17.0 Å². The van der Waals surface area contributed by atoms with E-state index in [1.165, 1.54) is 16.4 Å². The average Bonchev–Trinajstić information content (AvgIpc) is 2.92. The van der Waals surface area contributed by atoms with E-state index < -0.39 is 0 Å². The minimum atomic E-state index is -0.260. The van der Waals surface area contributed by atoms with Crippen molar-refractivity contribution in [1.29, 1.82) is 0 Å². The molecule has 0 aliphatic carbocycles. The lowest BCUT2D eigenvalue weighted by atomic mass is 10.1. The number of thioether (sulfide) groups is 1. The second-order valence-electron chi connectivity index (χ2n) is 5.47. The second-order valence-corrected chi connectivity index (χ2v) is 6.41. The third-order valence-corrected chi connectivity index (χ3v) is 4.31. The fourth-order valence-corrected chi connectivity index (χ4v) is 2.94. The summed E-state index contributed by atoms with van der Waals surface area (Å²) in [5, 5.41) is 16.9. The van der Waals surface area contributed by atoms with E-state index >= 15 is 0 Å². The normalized spacial score (nSPS) is 10.5. The average molecular weight is 348 g/mol. The molecule has 2 aromatic rings. The lowest BCUT2D eigenvalue weighted by molar-refractivity contribution is -0.122. The van der Waals surface area contributed by atoms with Crippen LogP contribution in [0.2, 0.25) is 0 Å². The first kappa shape index (κ1) is 17.9. The Kier molecular flexibility index (Phi) is 5.91. The molecule has 2 rings (SSSR count). The smallest absolute Gasteiger partial charge is 0.243 e. The van der Waals surface area contributed by atoms with E-state index in [9.17, 15) is 9.59 Å². The van der Waals surface area contributed by atoms with E-state index in [1.54, 1.807) is 7.05 Å². The predicted octanol–water partition coefficient (Wildman–Crippen LogP) is 0.982. The maximum absolute atomic E-state index is 12.0. The van der Waals surface area contributed by atoms with Crippen molar-refractivity contribution in [3.05, 3.63) is 28.8 Å². The molecule has 0 fully saturated rings. The van der Waals surface area contributed by atoms with Crippen LogP contribution in [0, 0.1) is 20.8 Å². The van der Waals surface area contributed by atoms with Crippen molar-refractivity contribution in [2.45, 2.75) is 25.9 Å². The highest BCUT2D eigenvalue weighted by Crippen LogP contribution is 2.21. The Balaban J connectivity index is 1.81. The van der Waals surface area contributed by atoms with Gasteiger partial charge in [0.05, 0.1) is 12.3 Å². The van der Waals surface area contributed by atoms with E-state index in [0.29, 0.717) is 5.16 Å². The highest BCUT2D eigenvalue weighted by molar-refractivity contribution is 7.99. The van der Waals surface area contributed by atoms with Gasteiger partial charge in [-0.05, 0) is 42.3 Å². The summed E-state index contributed by atoms with van der Waals surface area (Å²) < 4.78 is 1.48. The highest BCUT2D eigenvalue weighted by atomic mass is 32.2. The molecular weight excluding hydrogens is 328 g/mol. The van der Waals surface area contributed by atoms with Gasteiger partial charge in [-0.25, -0.2) is 4.68 Å². The van der Waals surface area contributed by atoms with Gasteiger partial charge in [-0.3, -0.25) is 9.59 Å². The molecule has 0 bridgehead atoms. The summed E-state index contributed by atoms with van der Waals surface area (Å²) >= 11 is 1.21. The largest absolute Gasteiger partial charge is 0.346 e. The molecule has 24 heavy (non-hydrogen) atoms. The van der Waals surface area contributed by atoms with E-state index in [2.05, 4.69) is 26.2 Å². The number of hydrogen-bond donors (Lipinski definition) is 2. The zero-order chi connectivity index (χ0) is 17.7. The maximum Gasteiger partial charge on any atom is 0.243 e. The molecule has 0 spiro atoms. The minimum absolute atomic E-state index is 0.0801. The quantitative estimate of drug-likeness (QED) is 0.755. The standard InChI is InChI=1S/C15H20N6O2S/c1-9-5-10(2)14(11(3)6-9)17-12(22)7-16-13(23)8-24-15-18-19-20-21(15)4/h5-6H,7-8H2,1-4H3,(H,16,23)(H,17,22). The van der Waals surface area contributed by atoms with Crippen LogP contribution in [-0.2, 0) is 16.6 Å². The molecule has 0 aliphatic heterocycles. The molecule has 9 heteroatoms. The van der Waals surface area contributed by atoms with Crippen LogP contribution >= 0.6 is 11.8 Å². The molecule has 0 saturated carbocycles. The number of nitrogens with one attached hydrogen (secondary N) is 2. The molecule has 2 N–H and O–H groups in total. The van der Waals surface area contributed by atoms with Crippen LogP contribution in [0.15, 0.2) is 17.3 Å². The Labute approximate surface area is 144 Å². The van der Waals surface area contributed by atoms with Crippen molar-refractivity contribution >= 4 is 29.3 Å². The van der Waals surface area contributed by atoms with Crippen LogP contribution in [0.3, 0.4) is 0 Å². The summed E-state index contributed by atoms with van der Waals surface area (Å²) in [5.74, 6) is -0.372. The van der Waals surface area contributed by atoms with Gasteiger partial charge in [0.1, 0.15) is 0 Å². The number of hydrogen-bond acceptors (Lipinski definition) is 6. The number of aromatic nitrogens is 4. The fraction of sp³-hybridized carbons (Fsp3) is 0.400. The second kappa shape index (κ2) is 7.91. The van der Waals surface area contributed by atoms with Crippen molar-refractivity contribution in [3.8, 4) is 0 Å². The number of tetrazole rings is 1. The lowest BCUT2D eigenvalue weighted by Gasteiger charge is -2.13. The number of rotatable bonds is 6. The first-order valence-electron chi connectivity index (χ1n) is 7.36. The first-order valence-corrected chi connectivity index (χ1v) is 8.35. The SMILES string of the molecule is Cc1cc(C)c(NC(=O)CNC(=O)CSc2nnnn2C)c(C)c1. The van der Waals surface area contributed by atoms with Crippen LogP contribution in [0.5, 0.6) is 0 Å². The van der Waals surface area contributed by atoms with Gasteiger partial charge >= 0.3 is 0 Å². The molecule has 2 amide bonds. The molecule has 1 aromatic heterocycles. The van der Waals surface area contributed by atoms with E-state index in [0.717, 1.165) is 22.4 Å². The topological polar surface area (TPSA) is 102 Å². The molecule has 0 unspecified atom stereocenters. The van der Waals surface area contributed by atoms with Gasteiger partial charge in [0.25, 0.3) is 0 Å². The third kappa shape index (κ3) is 4.79. The fourth-order valence-electron chi connectivity index (χ4n) is 2.26. The van der Waals surface area contributed by atoms with E-state index in [1.807, 2.05) is 32.9 Å². The van der Waals surface area contributed by atoms with Crippen LogP contribution in [0.4, 0.5) is 5.69 Å². The summed E-state index contributed by atoms with van der Waals surface area (Å²) in [5.41, 5.74) is 3.93. The number of nitrogens with zero attached hydrogens (tertiary/aromatic N) is 4. The first-order chi connectivity index (χ1) is 11.4. The Morgan fingerprint density at radius 1 is 1.17 bits per heavy atom.